The molecule has 1 atom stereocenters. The molecule has 2 aliphatic rings. The lowest BCUT2D eigenvalue weighted by Gasteiger charge is -2.48. The quantitative estimate of drug-likeness (QED) is 0.650. The lowest BCUT2D eigenvalue weighted by atomic mass is 9.98. The van der Waals surface area contributed by atoms with Crippen molar-refractivity contribution in [3.8, 4) is 5.69 Å². The average molecular weight is 447 g/mol. The molecule has 3 aromatic rings. The minimum atomic E-state index is -0.818. The number of fused-ring (bicyclic) bond motifs is 3. The van der Waals surface area contributed by atoms with E-state index in [2.05, 4.69) is 10.3 Å². The standard InChI is InChI=1S/C24H22FN5O3/c1-24-10-8-22(32)30(24)19-5-3-2-4-17(19)23(33)29(24)12-9-21(31)27-16-6-7-20(18(25)14-16)28-13-11-26-15-28/h2-7,11,13-15H,8-10,12H2,1H3,(H,27,31). The van der Waals surface area contributed by atoms with Crippen LogP contribution in [0.2, 0.25) is 0 Å². The van der Waals surface area contributed by atoms with Gasteiger partial charge in [-0.05, 0) is 43.7 Å². The number of imidazole rings is 1. The molecule has 8 nitrogen and oxygen atoms in total. The Bertz CT molecular complexity index is 1260. The normalized spacial score (nSPS) is 19.5. The number of halogens is 1. The highest BCUT2D eigenvalue weighted by Crippen LogP contribution is 2.43. The molecule has 0 aliphatic carbocycles. The van der Waals surface area contributed by atoms with Gasteiger partial charge in [0.05, 0.1) is 23.3 Å². The number of nitrogens with zero attached hydrogens (tertiary/aromatic N) is 4. The van der Waals surface area contributed by atoms with E-state index in [1.165, 1.54) is 17.0 Å². The van der Waals surface area contributed by atoms with Crippen LogP contribution in [0.25, 0.3) is 5.69 Å². The summed E-state index contributed by atoms with van der Waals surface area (Å²) in [6.45, 7) is 1.99. The van der Waals surface area contributed by atoms with Crippen LogP contribution >= 0.6 is 0 Å². The largest absolute Gasteiger partial charge is 0.326 e. The van der Waals surface area contributed by atoms with Gasteiger partial charge in [-0.25, -0.2) is 9.37 Å². The SMILES string of the molecule is CC12CCC(=O)N1c1ccccc1C(=O)N2CCC(=O)Nc1ccc(-n2ccnc2)c(F)c1. The Balaban J connectivity index is 1.31. The average Bonchev–Trinajstić information content (AvgIpc) is 3.42. The van der Waals surface area contributed by atoms with Gasteiger partial charge in [0.1, 0.15) is 11.5 Å². The maximum absolute atomic E-state index is 14.5. The Morgan fingerprint density at radius 3 is 2.76 bits per heavy atom. The molecule has 168 valence electrons. The Hall–Kier alpha value is -4.01. The molecule has 9 heteroatoms. The topological polar surface area (TPSA) is 87.5 Å². The molecule has 1 unspecified atom stereocenters. The maximum Gasteiger partial charge on any atom is 0.257 e. The van der Waals surface area contributed by atoms with E-state index in [0.29, 0.717) is 35.5 Å². The van der Waals surface area contributed by atoms with E-state index in [1.54, 1.807) is 58.6 Å². The highest BCUT2D eigenvalue weighted by molar-refractivity contribution is 6.10. The zero-order valence-corrected chi connectivity index (χ0v) is 18.0. The van der Waals surface area contributed by atoms with Gasteiger partial charge in [-0.1, -0.05) is 12.1 Å². The summed E-state index contributed by atoms with van der Waals surface area (Å²) in [6.07, 6.45) is 5.51. The molecule has 1 saturated heterocycles. The highest BCUT2D eigenvalue weighted by atomic mass is 19.1. The molecule has 1 aromatic heterocycles. The first-order chi connectivity index (χ1) is 15.9. The Morgan fingerprint density at radius 1 is 1.18 bits per heavy atom. The number of carbonyl (C=O) groups is 3. The maximum atomic E-state index is 14.5. The lowest BCUT2D eigenvalue weighted by Crippen LogP contribution is -2.62. The monoisotopic (exact) mass is 447 g/mol. The van der Waals surface area contributed by atoms with Crippen molar-refractivity contribution >= 4 is 29.1 Å². The zero-order chi connectivity index (χ0) is 23.2. The highest BCUT2D eigenvalue weighted by Gasteiger charge is 2.52. The van der Waals surface area contributed by atoms with E-state index in [-0.39, 0.29) is 30.7 Å². The van der Waals surface area contributed by atoms with Crippen LogP contribution in [-0.4, -0.2) is 44.4 Å². The molecule has 2 aromatic carbocycles. The second-order valence-corrected chi connectivity index (χ2v) is 8.35. The molecule has 5 rings (SSSR count). The van der Waals surface area contributed by atoms with Crippen LogP contribution in [0.15, 0.2) is 61.2 Å². The van der Waals surface area contributed by atoms with Gasteiger partial charge in [-0.3, -0.25) is 19.3 Å². The van der Waals surface area contributed by atoms with Crippen molar-refractivity contribution in [3.63, 3.8) is 0 Å². The van der Waals surface area contributed by atoms with Crippen LogP contribution < -0.4 is 10.2 Å². The number of aromatic nitrogens is 2. The fourth-order valence-electron chi connectivity index (χ4n) is 4.67. The summed E-state index contributed by atoms with van der Waals surface area (Å²) in [6, 6.07) is 11.4. The van der Waals surface area contributed by atoms with Gasteiger partial charge in [-0.2, -0.15) is 0 Å². The van der Waals surface area contributed by atoms with E-state index in [0.717, 1.165) is 0 Å². The van der Waals surface area contributed by atoms with Crippen LogP contribution in [0.1, 0.15) is 36.5 Å². The van der Waals surface area contributed by atoms with E-state index < -0.39 is 11.5 Å². The van der Waals surface area contributed by atoms with E-state index in [4.69, 9.17) is 0 Å². The van der Waals surface area contributed by atoms with Crippen molar-refractivity contribution in [2.45, 2.75) is 31.8 Å². The molecule has 0 radical (unpaired) electrons. The van der Waals surface area contributed by atoms with Crippen molar-refractivity contribution in [2.75, 3.05) is 16.8 Å². The molecule has 0 spiro atoms. The van der Waals surface area contributed by atoms with Crippen LogP contribution in [0.3, 0.4) is 0 Å². The Labute approximate surface area is 189 Å². The molecular formula is C24H22FN5O3. The third kappa shape index (κ3) is 3.45. The van der Waals surface area contributed by atoms with Gasteiger partial charge in [0.2, 0.25) is 11.8 Å². The second-order valence-electron chi connectivity index (χ2n) is 8.35. The molecule has 3 amide bonds. The summed E-state index contributed by atoms with van der Waals surface area (Å²) < 4.78 is 16.0. The van der Waals surface area contributed by atoms with Crippen LogP contribution in [0.5, 0.6) is 0 Å². The number of amides is 3. The number of anilines is 2. The Morgan fingerprint density at radius 2 is 2.00 bits per heavy atom. The van der Waals surface area contributed by atoms with Gasteiger partial charge in [0.25, 0.3) is 5.91 Å². The van der Waals surface area contributed by atoms with Crippen LogP contribution in [0.4, 0.5) is 15.8 Å². The van der Waals surface area contributed by atoms with E-state index in [1.807, 2.05) is 6.92 Å². The third-order valence-electron chi connectivity index (χ3n) is 6.32. The molecule has 1 N–H and O–H groups in total. The van der Waals surface area contributed by atoms with Crippen molar-refractivity contribution in [3.05, 3.63) is 72.6 Å². The van der Waals surface area contributed by atoms with Crippen molar-refractivity contribution < 1.29 is 18.8 Å². The zero-order valence-electron chi connectivity index (χ0n) is 18.0. The second kappa shape index (κ2) is 7.84. The molecule has 2 aliphatic heterocycles. The lowest BCUT2D eigenvalue weighted by molar-refractivity contribution is -0.117. The summed E-state index contributed by atoms with van der Waals surface area (Å²) in [7, 11) is 0. The summed E-state index contributed by atoms with van der Waals surface area (Å²) in [5.41, 5.74) is 0.883. The van der Waals surface area contributed by atoms with E-state index >= 15 is 0 Å². The van der Waals surface area contributed by atoms with Gasteiger partial charge in [-0.15, -0.1) is 0 Å². The Kier molecular flexibility index (Phi) is 4.96. The molecule has 3 heterocycles. The molecule has 1 fully saturated rings. The number of hydrogen-bond acceptors (Lipinski definition) is 4. The minimum absolute atomic E-state index is 0.0103. The van der Waals surface area contributed by atoms with Crippen molar-refractivity contribution in [2.24, 2.45) is 0 Å². The third-order valence-corrected chi connectivity index (χ3v) is 6.32. The van der Waals surface area contributed by atoms with Gasteiger partial charge in [0, 0.05) is 37.5 Å². The smallest absolute Gasteiger partial charge is 0.257 e. The van der Waals surface area contributed by atoms with Crippen LogP contribution in [0, 0.1) is 5.82 Å². The van der Waals surface area contributed by atoms with E-state index in [9.17, 15) is 18.8 Å². The van der Waals surface area contributed by atoms with Crippen LogP contribution in [-0.2, 0) is 9.59 Å². The number of rotatable bonds is 5. The first kappa shape index (κ1) is 20.9. The van der Waals surface area contributed by atoms with Gasteiger partial charge >= 0.3 is 0 Å². The molecule has 33 heavy (non-hydrogen) atoms. The molecule has 0 saturated carbocycles. The van der Waals surface area contributed by atoms with Gasteiger partial charge in [0.15, 0.2) is 0 Å². The van der Waals surface area contributed by atoms with Gasteiger partial charge < -0.3 is 14.8 Å². The number of nitrogens with one attached hydrogen (secondary N) is 1. The number of hydrogen-bond donors (Lipinski definition) is 1. The fraction of sp³-hybridized carbons (Fsp3) is 0.250. The first-order valence-corrected chi connectivity index (χ1v) is 10.7. The molecule has 0 bridgehead atoms. The van der Waals surface area contributed by atoms with Crippen molar-refractivity contribution in [1.82, 2.24) is 14.5 Å². The minimum Gasteiger partial charge on any atom is -0.326 e. The van der Waals surface area contributed by atoms with Crippen molar-refractivity contribution in [1.29, 1.82) is 0 Å². The summed E-state index contributed by atoms with van der Waals surface area (Å²) in [4.78, 5) is 45.7. The molecular weight excluding hydrogens is 425 g/mol. The predicted octanol–water partition coefficient (Wildman–Crippen LogP) is 3.34. The summed E-state index contributed by atoms with van der Waals surface area (Å²) >= 11 is 0. The number of benzene rings is 2. The first-order valence-electron chi connectivity index (χ1n) is 10.7. The number of para-hydroxylation sites is 1. The fourth-order valence-corrected chi connectivity index (χ4v) is 4.67. The summed E-state index contributed by atoms with van der Waals surface area (Å²) in [5.74, 6) is -1.10. The summed E-state index contributed by atoms with van der Waals surface area (Å²) in [5, 5.41) is 2.69. The predicted molar refractivity (Wildman–Crippen MR) is 119 cm³/mol. The number of carbonyl (C=O) groups excluding carboxylic acids is 3.